The summed E-state index contributed by atoms with van der Waals surface area (Å²) < 4.78 is 37.5. The van der Waals surface area contributed by atoms with Crippen LogP contribution in [-0.4, -0.2) is 38.7 Å². The molecule has 1 aliphatic carbocycles. The fourth-order valence-corrected chi connectivity index (χ4v) is 3.30. The van der Waals surface area contributed by atoms with Crippen LogP contribution in [0.3, 0.4) is 0 Å². The summed E-state index contributed by atoms with van der Waals surface area (Å²) in [5.41, 5.74) is 0. The Balaban J connectivity index is 1.87. The molecule has 1 saturated heterocycles. The van der Waals surface area contributed by atoms with Gasteiger partial charge in [-0.1, -0.05) is 0 Å². The van der Waals surface area contributed by atoms with Crippen molar-refractivity contribution < 1.29 is 17.9 Å². The molecule has 1 spiro atoms. The van der Waals surface area contributed by atoms with E-state index in [-0.39, 0.29) is 11.3 Å². The molecular weight excluding hydrogens is 242 g/mol. The minimum atomic E-state index is -3.16. The molecule has 17 heavy (non-hydrogen) atoms. The lowest BCUT2D eigenvalue weighted by Gasteiger charge is -2.35. The molecule has 1 N–H and O–H groups in total. The van der Waals surface area contributed by atoms with Gasteiger partial charge in [-0.2, -0.15) is 0 Å². The summed E-state index contributed by atoms with van der Waals surface area (Å²) >= 11 is 0. The summed E-state index contributed by atoms with van der Waals surface area (Å²) in [6.07, 6.45) is 3.12. The fourth-order valence-electron chi connectivity index (χ4n) is 2.33. The Hall–Kier alpha value is -0.170. The average molecular weight is 263 g/mol. The Morgan fingerprint density at radius 1 is 1.18 bits per heavy atom. The summed E-state index contributed by atoms with van der Waals surface area (Å²) in [5.74, 6) is -0.417. The van der Waals surface area contributed by atoms with E-state index in [4.69, 9.17) is 9.47 Å². The number of hydrogen-bond donors (Lipinski definition) is 1. The van der Waals surface area contributed by atoms with Crippen molar-refractivity contribution >= 4 is 10.0 Å². The molecule has 2 fully saturated rings. The molecule has 0 aromatic rings. The van der Waals surface area contributed by atoms with Gasteiger partial charge in [-0.25, -0.2) is 13.1 Å². The predicted octanol–water partition coefficient (Wildman–Crippen LogP) is 1.000. The second-order valence-corrected chi connectivity index (χ2v) is 7.36. The monoisotopic (exact) mass is 263 g/mol. The second kappa shape index (κ2) is 4.84. The molecule has 100 valence electrons. The van der Waals surface area contributed by atoms with Crippen molar-refractivity contribution in [1.29, 1.82) is 0 Å². The van der Waals surface area contributed by atoms with E-state index < -0.39 is 15.8 Å². The molecule has 0 bridgehead atoms. The molecule has 5 nitrogen and oxygen atoms in total. The zero-order chi connectivity index (χ0) is 12.5. The van der Waals surface area contributed by atoms with Crippen molar-refractivity contribution in [2.45, 2.75) is 56.6 Å². The van der Waals surface area contributed by atoms with Crippen LogP contribution in [0.5, 0.6) is 0 Å². The normalized spacial score (nSPS) is 25.8. The smallest absolute Gasteiger partial charge is 0.214 e. The Bertz CT molecular complexity index is 350. The quantitative estimate of drug-likeness (QED) is 0.825. The van der Waals surface area contributed by atoms with Crippen molar-refractivity contribution in [3.63, 3.8) is 0 Å². The van der Waals surface area contributed by atoms with Crippen molar-refractivity contribution in [2.75, 3.05) is 13.2 Å². The molecule has 1 heterocycles. The van der Waals surface area contributed by atoms with Crippen LogP contribution in [0.4, 0.5) is 0 Å². The minimum Gasteiger partial charge on any atom is -0.348 e. The minimum absolute atomic E-state index is 0.0285. The van der Waals surface area contributed by atoms with E-state index in [1.165, 1.54) is 0 Å². The molecule has 6 heteroatoms. The van der Waals surface area contributed by atoms with E-state index in [2.05, 4.69) is 4.72 Å². The van der Waals surface area contributed by atoms with Crippen LogP contribution in [-0.2, 0) is 19.5 Å². The van der Waals surface area contributed by atoms with Crippen LogP contribution in [0, 0.1) is 0 Å². The maximum Gasteiger partial charge on any atom is 0.214 e. The molecule has 0 aromatic heterocycles. The summed E-state index contributed by atoms with van der Waals surface area (Å²) in [6, 6.07) is 0.0285. The number of rotatable bonds is 3. The molecule has 0 aromatic carbocycles. The van der Waals surface area contributed by atoms with Crippen molar-refractivity contribution in [1.82, 2.24) is 4.72 Å². The van der Waals surface area contributed by atoms with Gasteiger partial charge in [-0.15, -0.1) is 0 Å². The summed E-state index contributed by atoms with van der Waals surface area (Å²) in [7, 11) is -3.16. The van der Waals surface area contributed by atoms with E-state index in [9.17, 15) is 8.42 Å². The van der Waals surface area contributed by atoms with E-state index in [1.807, 2.05) is 0 Å². The first-order valence-electron chi connectivity index (χ1n) is 6.23. The largest absolute Gasteiger partial charge is 0.348 e. The van der Waals surface area contributed by atoms with Gasteiger partial charge in [0.05, 0.1) is 18.5 Å². The average Bonchev–Trinajstić information content (AvgIpc) is 2.70. The molecule has 0 atom stereocenters. The first-order chi connectivity index (χ1) is 7.94. The highest BCUT2D eigenvalue weighted by atomic mass is 32.2. The molecule has 2 rings (SSSR count). The maximum absolute atomic E-state index is 11.7. The van der Waals surface area contributed by atoms with E-state index in [0.717, 1.165) is 25.7 Å². The number of hydrogen-bond acceptors (Lipinski definition) is 4. The predicted molar refractivity (Wildman–Crippen MR) is 64.1 cm³/mol. The molecular formula is C11H21NO4S. The summed E-state index contributed by atoms with van der Waals surface area (Å²) in [5, 5.41) is -0.377. The van der Waals surface area contributed by atoms with Gasteiger partial charge in [0.1, 0.15) is 0 Å². The first kappa shape index (κ1) is 13.3. The van der Waals surface area contributed by atoms with Crippen molar-refractivity contribution in [3.8, 4) is 0 Å². The summed E-state index contributed by atoms with van der Waals surface area (Å²) in [4.78, 5) is 0. The van der Waals surface area contributed by atoms with E-state index >= 15 is 0 Å². The zero-order valence-electron chi connectivity index (χ0n) is 10.4. The van der Waals surface area contributed by atoms with Crippen LogP contribution >= 0.6 is 0 Å². The third kappa shape index (κ3) is 2.99. The molecule has 0 unspecified atom stereocenters. The lowest BCUT2D eigenvalue weighted by molar-refractivity contribution is -0.178. The third-order valence-corrected chi connectivity index (χ3v) is 5.42. The van der Waals surface area contributed by atoms with Gasteiger partial charge in [0.15, 0.2) is 5.79 Å². The molecule has 1 saturated carbocycles. The highest BCUT2D eigenvalue weighted by molar-refractivity contribution is 7.90. The Morgan fingerprint density at radius 3 is 2.18 bits per heavy atom. The Labute approximate surface area is 103 Å². The van der Waals surface area contributed by atoms with Gasteiger partial charge in [0.2, 0.25) is 10.0 Å². The van der Waals surface area contributed by atoms with Gasteiger partial charge in [-0.3, -0.25) is 0 Å². The molecule has 2 aliphatic rings. The highest BCUT2D eigenvalue weighted by Gasteiger charge is 2.41. The lowest BCUT2D eigenvalue weighted by atomic mass is 9.91. The highest BCUT2D eigenvalue weighted by Crippen LogP contribution is 2.35. The van der Waals surface area contributed by atoms with Gasteiger partial charge in [-0.05, 0) is 26.7 Å². The van der Waals surface area contributed by atoms with Crippen molar-refractivity contribution in [3.05, 3.63) is 0 Å². The number of sulfonamides is 1. The molecule has 1 aliphatic heterocycles. The zero-order valence-corrected chi connectivity index (χ0v) is 11.3. The first-order valence-corrected chi connectivity index (χ1v) is 7.77. The van der Waals surface area contributed by atoms with Gasteiger partial charge < -0.3 is 9.47 Å². The number of nitrogens with one attached hydrogen (secondary N) is 1. The van der Waals surface area contributed by atoms with E-state index in [1.54, 1.807) is 13.8 Å². The number of ether oxygens (including phenoxy) is 2. The second-order valence-electron chi connectivity index (χ2n) is 5.09. The van der Waals surface area contributed by atoms with Crippen molar-refractivity contribution in [2.24, 2.45) is 0 Å². The third-order valence-electron chi connectivity index (χ3n) is 3.51. The van der Waals surface area contributed by atoms with Gasteiger partial charge in [0.25, 0.3) is 0 Å². The lowest BCUT2D eigenvalue weighted by Crippen LogP contribution is -2.45. The Morgan fingerprint density at radius 2 is 1.71 bits per heavy atom. The van der Waals surface area contributed by atoms with Crippen LogP contribution in [0.1, 0.15) is 39.5 Å². The van der Waals surface area contributed by atoms with E-state index in [0.29, 0.717) is 13.2 Å². The van der Waals surface area contributed by atoms with Gasteiger partial charge >= 0.3 is 0 Å². The van der Waals surface area contributed by atoms with Crippen LogP contribution in [0.2, 0.25) is 0 Å². The Kier molecular flexibility index (Phi) is 3.77. The SMILES string of the molecule is CC(C)S(=O)(=O)NC1CCC2(CC1)OCCO2. The van der Waals surface area contributed by atoms with Crippen LogP contribution in [0.15, 0.2) is 0 Å². The molecule has 0 radical (unpaired) electrons. The van der Waals surface area contributed by atoms with Crippen LogP contribution in [0.25, 0.3) is 0 Å². The summed E-state index contributed by atoms with van der Waals surface area (Å²) in [6.45, 7) is 4.69. The maximum atomic E-state index is 11.7. The van der Waals surface area contributed by atoms with Gasteiger partial charge in [0, 0.05) is 18.9 Å². The topological polar surface area (TPSA) is 64.6 Å². The standard InChI is InChI=1S/C11H21NO4S/c1-9(2)17(13,14)12-10-3-5-11(6-4-10)15-7-8-16-11/h9-10,12H,3-8H2,1-2H3. The van der Waals surface area contributed by atoms with Crippen LogP contribution < -0.4 is 4.72 Å². The fraction of sp³-hybridized carbons (Fsp3) is 1.00. The molecule has 0 amide bonds.